The van der Waals surface area contributed by atoms with E-state index >= 15 is 0 Å². The number of carbonyl (C=O) groups excluding carboxylic acids is 1. The molecule has 0 radical (unpaired) electrons. The molecule has 9 heteroatoms. The van der Waals surface area contributed by atoms with Crippen molar-refractivity contribution in [3.63, 3.8) is 0 Å². The topological polar surface area (TPSA) is 124 Å². The maximum atomic E-state index is 10.2. The Morgan fingerprint density at radius 2 is 1.54 bits per heavy atom. The van der Waals surface area contributed by atoms with Crippen molar-refractivity contribution in [1.82, 2.24) is 15.4 Å². The van der Waals surface area contributed by atoms with Crippen LogP contribution in [0.4, 0.5) is 15.3 Å². The lowest BCUT2D eigenvalue weighted by Crippen LogP contribution is -2.06. The minimum atomic E-state index is -1.04. The van der Waals surface area contributed by atoms with E-state index in [0.717, 1.165) is 0 Å². The zero-order valence-corrected chi connectivity index (χ0v) is 13.5. The molecule has 1 heterocycles. The van der Waals surface area contributed by atoms with Crippen molar-refractivity contribution in [2.24, 2.45) is 0 Å². The van der Waals surface area contributed by atoms with E-state index in [1.807, 2.05) is 6.07 Å². The zero-order valence-electron chi connectivity index (χ0n) is 13.5. The summed E-state index contributed by atoms with van der Waals surface area (Å²) in [4.78, 5) is 20.3. The number of aromatic nitrogens is 3. The molecule has 0 bridgehead atoms. The molecule has 0 atom stereocenters. The van der Waals surface area contributed by atoms with E-state index in [-0.39, 0.29) is 0 Å². The molecule has 0 aliphatic heterocycles. The fourth-order valence-corrected chi connectivity index (χ4v) is 1.13. The molecule has 0 aliphatic carbocycles. The van der Waals surface area contributed by atoms with E-state index in [0.29, 0.717) is 18.9 Å². The number of anilines is 1. The van der Waals surface area contributed by atoms with Gasteiger partial charge in [-0.25, -0.2) is 9.59 Å². The van der Waals surface area contributed by atoms with Crippen molar-refractivity contribution in [3.05, 3.63) is 48.8 Å². The third-order valence-corrected chi connectivity index (χ3v) is 1.96. The number of carbonyl (C=O) groups is 2. The van der Waals surface area contributed by atoms with Crippen LogP contribution in [0, 0.1) is 0 Å². The highest BCUT2D eigenvalue weighted by Crippen LogP contribution is 2.03. The molecule has 0 spiro atoms. The van der Waals surface area contributed by atoms with Crippen molar-refractivity contribution in [2.45, 2.75) is 13.8 Å². The summed E-state index contributed by atoms with van der Waals surface area (Å²) >= 11 is 0. The fourth-order valence-electron chi connectivity index (χ4n) is 1.13. The Hall–Kier alpha value is -3.23. The Bertz CT molecular complexity index is 520. The average molecular weight is 336 g/mol. The van der Waals surface area contributed by atoms with Crippen molar-refractivity contribution in [3.8, 4) is 0 Å². The Morgan fingerprint density at radius 3 is 1.88 bits per heavy atom. The molecule has 0 unspecified atom stereocenters. The molecule has 0 fully saturated rings. The molecule has 1 amide bonds. The van der Waals surface area contributed by atoms with Gasteiger partial charge in [0.05, 0.1) is 25.6 Å². The molecular weight excluding hydrogens is 316 g/mol. The summed E-state index contributed by atoms with van der Waals surface area (Å²) in [5.41, 5.74) is 0.593. The number of hydrogen-bond acceptors (Lipinski definition) is 7. The lowest BCUT2D eigenvalue weighted by atomic mass is 10.3. The van der Waals surface area contributed by atoms with Gasteiger partial charge in [0.2, 0.25) is 0 Å². The average Bonchev–Trinajstić information content (AvgIpc) is 2.58. The SMILES string of the molecule is CCOC(=O)OCC.O=C(O)Nc1ccccc1.c1cnnnc1. The van der Waals surface area contributed by atoms with Crippen LogP contribution in [-0.2, 0) is 9.47 Å². The lowest BCUT2D eigenvalue weighted by Gasteiger charge is -1.98. The van der Waals surface area contributed by atoms with E-state index < -0.39 is 12.2 Å². The Morgan fingerprint density at radius 1 is 1.00 bits per heavy atom. The molecule has 1 aromatic carbocycles. The molecular formula is C15H20N4O5. The number of ether oxygens (including phenoxy) is 2. The van der Waals surface area contributed by atoms with Crippen LogP contribution >= 0.6 is 0 Å². The largest absolute Gasteiger partial charge is 0.508 e. The second-order valence-corrected chi connectivity index (χ2v) is 3.72. The van der Waals surface area contributed by atoms with Crippen molar-refractivity contribution in [2.75, 3.05) is 18.5 Å². The Kier molecular flexibility index (Phi) is 12.7. The third-order valence-electron chi connectivity index (χ3n) is 1.96. The van der Waals surface area contributed by atoms with Crippen LogP contribution in [0.1, 0.15) is 13.8 Å². The maximum Gasteiger partial charge on any atom is 0.508 e. The summed E-state index contributed by atoms with van der Waals surface area (Å²) in [5.74, 6) is 0. The van der Waals surface area contributed by atoms with E-state index in [1.165, 1.54) is 0 Å². The number of carboxylic acid groups (broad SMARTS) is 1. The van der Waals surface area contributed by atoms with Gasteiger partial charge >= 0.3 is 12.2 Å². The number of nitrogens with one attached hydrogen (secondary N) is 1. The first-order valence-corrected chi connectivity index (χ1v) is 7.03. The first-order valence-electron chi connectivity index (χ1n) is 7.03. The summed E-state index contributed by atoms with van der Waals surface area (Å²) in [7, 11) is 0. The van der Waals surface area contributed by atoms with Gasteiger partial charge in [-0.1, -0.05) is 18.2 Å². The lowest BCUT2D eigenvalue weighted by molar-refractivity contribution is 0.0630. The van der Waals surface area contributed by atoms with Crippen LogP contribution < -0.4 is 5.32 Å². The van der Waals surface area contributed by atoms with Crippen LogP contribution in [0.2, 0.25) is 0 Å². The van der Waals surface area contributed by atoms with Gasteiger partial charge in [-0.2, -0.15) is 0 Å². The van der Waals surface area contributed by atoms with Crippen molar-refractivity contribution >= 4 is 17.9 Å². The first-order chi connectivity index (χ1) is 11.6. The van der Waals surface area contributed by atoms with Gasteiger partial charge in [0.1, 0.15) is 0 Å². The Balaban J connectivity index is 0.000000342. The quantitative estimate of drug-likeness (QED) is 0.820. The van der Waals surface area contributed by atoms with Crippen LogP contribution in [0.15, 0.2) is 48.8 Å². The first kappa shape index (κ1) is 20.8. The van der Waals surface area contributed by atoms with Crippen LogP contribution in [0.3, 0.4) is 0 Å². The number of nitrogens with zero attached hydrogens (tertiary/aromatic N) is 3. The van der Waals surface area contributed by atoms with Crippen LogP contribution in [-0.4, -0.2) is 46.0 Å². The van der Waals surface area contributed by atoms with Gasteiger partial charge in [-0.3, -0.25) is 5.32 Å². The predicted molar refractivity (Wildman–Crippen MR) is 86.6 cm³/mol. The monoisotopic (exact) mass is 336 g/mol. The van der Waals surface area contributed by atoms with Gasteiger partial charge in [0, 0.05) is 5.69 Å². The smallest absolute Gasteiger partial charge is 0.465 e. The molecule has 1 aromatic heterocycles. The molecule has 2 rings (SSSR count). The summed E-state index contributed by atoms with van der Waals surface area (Å²) in [6.45, 7) is 4.21. The van der Waals surface area contributed by atoms with E-state index in [1.54, 1.807) is 56.6 Å². The number of amides is 1. The van der Waals surface area contributed by atoms with E-state index in [9.17, 15) is 9.59 Å². The minimum Gasteiger partial charge on any atom is -0.465 e. The summed E-state index contributed by atoms with van der Waals surface area (Å²) in [5, 5.41) is 20.6. The summed E-state index contributed by atoms with van der Waals surface area (Å²) in [6, 6.07) is 10.5. The summed E-state index contributed by atoms with van der Waals surface area (Å²) < 4.78 is 8.84. The van der Waals surface area contributed by atoms with Gasteiger partial charge < -0.3 is 14.6 Å². The second-order valence-electron chi connectivity index (χ2n) is 3.72. The molecule has 0 aliphatic rings. The third kappa shape index (κ3) is 13.7. The number of benzene rings is 1. The molecule has 9 nitrogen and oxygen atoms in total. The zero-order chi connectivity index (χ0) is 18.0. The summed E-state index contributed by atoms with van der Waals surface area (Å²) in [6.07, 6.45) is 1.53. The molecule has 2 N–H and O–H groups in total. The minimum absolute atomic E-state index is 0.374. The molecule has 2 aromatic rings. The number of hydrogen-bond donors (Lipinski definition) is 2. The number of rotatable bonds is 3. The van der Waals surface area contributed by atoms with Gasteiger partial charge in [-0.05, 0) is 37.3 Å². The van der Waals surface area contributed by atoms with Gasteiger partial charge in [0.25, 0.3) is 0 Å². The highest BCUT2D eigenvalue weighted by Gasteiger charge is 1.96. The van der Waals surface area contributed by atoms with E-state index in [2.05, 4.69) is 30.2 Å². The molecule has 0 saturated heterocycles. The normalized spacial score (nSPS) is 8.42. The maximum absolute atomic E-state index is 10.2. The number of para-hydroxylation sites is 1. The molecule has 0 saturated carbocycles. The van der Waals surface area contributed by atoms with Crippen LogP contribution in [0.5, 0.6) is 0 Å². The highest BCUT2D eigenvalue weighted by molar-refractivity contribution is 5.82. The van der Waals surface area contributed by atoms with Crippen LogP contribution in [0.25, 0.3) is 0 Å². The van der Waals surface area contributed by atoms with E-state index in [4.69, 9.17) is 5.11 Å². The van der Waals surface area contributed by atoms with Gasteiger partial charge in [0.15, 0.2) is 0 Å². The van der Waals surface area contributed by atoms with Gasteiger partial charge in [-0.15, -0.1) is 10.2 Å². The van der Waals surface area contributed by atoms with Crippen molar-refractivity contribution in [1.29, 1.82) is 0 Å². The molecule has 24 heavy (non-hydrogen) atoms. The highest BCUT2D eigenvalue weighted by atomic mass is 16.7. The predicted octanol–water partition coefficient (Wildman–Crippen LogP) is 2.83. The fraction of sp³-hybridized carbons (Fsp3) is 0.267. The standard InChI is InChI=1S/C7H7NO2.C5H10O3.C3H3N3/c9-7(10)8-6-4-2-1-3-5-6;1-3-7-5(6)8-4-2;1-2-4-6-5-3-1/h1-5,8H,(H,9,10);3-4H2,1-2H3;1-3H. The second kappa shape index (κ2) is 14.7. The Labute approximate surface area is 139 Å². The molecule has 130 valence electrons. The van der Waals surface area contributed by atoms with Crippen molar-refractivity contribution < 1.29 is 24.2 Å².